The number of aromatic nitrogens is 1. The molecular formula is C27H29Cl2N3O4. The topological polar surface area (TPSA) is 76.8 Å². The van der Waals surface area contributed by atoms with Crippen LogP contribution in [0, 0.1) is 13.8 Å². The second kappa shape index (κ2) is 10.3. The lowest BCUT2D eigenvalue weighted by molar-refractivity contribution is -0.0355. The Kier molecular flexibility index (Phi) is 7.15. The van der Waals surface area contributed by atoms with Crippen LogP contribution >= 0.6 is 23.2 Å². The number of ether oxygens (including phenoxy) is 2. The van der Waals surface area contributed by atoms with Gasteiger partial charge in [0.2, 0.25) is 5.88 Å². The number of amides is 2. The first-order valence-corrected chi connectivity index (χ1v) is 12.9. The summed E-state index contributed by atoms with van der Waals surface area (Å²) in [6.45, 7) is 6.02. The number of likely N-dealkylation sites (tertiary alicyclic amines) is 1. The average molecular weight is 530 g/mol. The molecule has 2 saturated heterocycles. The highest BCUT2D eigenvalue weighted by Gasteiger charge is 2.44. The minimum Gasteiger partial charge on any atom is -0.487 e. The molecule has 1 spiro atoms. The van der Waals surface area contributed by atoms with Crippen LogP contribution in [0.4, 0.5) is 10.7 Å². The van der Waals surface area contributed by atoms with E-state index >= 15 is 0 Å². The molecule has 5 rings (SSSR count). The van der Waals surface area contributed by atoms with Gasteiger partial charge in [-0.25, -0.2) is 4.79 Å². The van der Waals surface area contributed by atoms with E-state index in [9.17, 15) is 4.79 Å². The maximum absolute atomic E-state index is 12.7. The fourth-order valence-electron chi connectivity index (χ4n) is 4.91. The van der Waals surface area contributed by atoms with Gasteiger partial charge in [0.05, 0.1) is 22.9 Å². The Labute approximate surface area is 220 Å². The molecule has 2 aliphatic rings. The number of nitrogens with zero attached hydrogens (tertiary/aromatic N) is 2. The Bertz CT molecular complexity index is 1250. The fourth-order valence-corrected chi connectivity index (χ4v) is 5.36. The molecule has 0 bridgehead atoms. The maximum Gasteiger partial charge on any atom is 0.324 e. The summed E-state index contributed by atoms with van der Waals surface area (Å²) in [6, 6.07) is 13.4. The molecule has 9 heteroatoms. The molecule has 0 aliphatic carbocycles. The Morgan fingerprint density at radius 1 is 1.19 bits per heavy atom. The van der Waals surface area contributed by atoms with Crippen LogP contribution in [-0.4, -0.2) is 41.4 Å². The molecule has 2 fully saturated rings. The third-order valence-electron chi connectivity index (χ3n) is 7.26. The molecule has 2 aromatic carbocycles. The molecule has 1 aromatic heterocycles. The van der Waals surface area contributed by atoms with E-state index < -0.39 is 0 Å². The van der Waals surface area contributed by atoms with Crippen molar-refractivity contribution in [3.05, 3.63) is 74.9 Å². The largest absolute Gasteiger partial charge is 0.487 e. The summed E-state index contributed by atoms with van der Waals surface area (Å²) in [5, 5.41) is 7.99. The van der Waals surface area contributed by atoms with E-state index in [1.807, 2.05) is 55.1 Å². The SMILES string of the molecule is Cc1noc(NC(=O)N2CCC3(CC2)CC(c2ccc(OCc4cccc(Cl)c4)c(Cl)c2)CO3)c1C. The third-order valence-corrected chi connectivity index (χ3v) is 7.79. The molecule has 0 saturated carbocycles. The van der Waals surface area contributed by atoms with E-state index in [1.54, 1.807) is 0 Å². The lowest BCUT2D eigenvalue weighted by Gasteiger charge is -2.38. The van der Waals surface area contributed by atoms with Gasteiger partial charge < -0.3 is 18.9 Å². The quantitative estimate of drug-likeness (QED) is 0.395. The van der Waals surface area contributed by atoms with E-state index in [0.717, 1.165) is 41.6 Å². The zero-order valence-corrected chi connectivity index (χ0v) is 21.9. The highest BCUT2D eigenvalue weighted by atomic mass is 35.5. The molecule has 2 amide bonds. The molecule has 2 aliphatic heterocycles. The van der Waals surface area contributed by atoms with Gasteiger partial charge in [0, 0.05) is 29.6 Å². The number of hydrogen-bond donors (Lipinski definition) is 1. The fraction of sp³-hybridized carbons (Fsp3) is 0.407. The molecule has 1 atom stereocenters. The van der Waals surface area contributed by atoms with Gasteiger partial charge in [0.15, 0.2) is 0 Å². The maximum atomic E-state index is 12.7. The van der Waals surface area contributed by atoms with Crippen molar-refractivity contribution in [1.29, 1.82) is 0 Å². The standard InChI is InChI=1S/C27H29Cl2N3O4/c1-17-18(2)31-36-25(17)30-26(33)32-10-8-27(9-11-32)14-21(16-35-27)20-6-7-24(23(29)13-20)34-15-19-4-3-5-22(28)12-19/h3-7,12-13,21H,8-11,14-16H2,1-2H3,(H,30,33). The Balaban J connectivity index is 1.15. The predicted molar refractivity (Wildman–Crippen MR) is 139 cm³/mol. The molecule has 0 radical (unpaired) electrons. The van der Waals surface area contributed by atoms with Crippen LogP contribution in [0.1, 0.15) is 47.6 Å². The van der Waals surface area contributed by atoms with E-state index in [1.165, 1.54) is 0 Å². The van der Waals surface area contributed by atoms with Gasteiger partial charge in [0.1, 0.15) is 12.4 Å². The molecular weight excluding hydrogens is 501 g/mol. The van der Waals surface area contributed by atoms with Crippen LogP contribution < -0.4 is 10.1 Å². The number of rotatable bonds is 5. The van der Waals surface area contributed by atoms with Crippen LogP contribution in [-0.2, 0) is 11.3 Å². The first kappa shape index (κ1) is 24.9. The van der Waals surface area contributed by atoms with Crippen molar-refractivity contribution in [3.63, 3.8) is 0 Å². The van der Waals surface area contributed by atoms with Gasteiger partial charge in [-0.3, -0.25) is 5.32 Å². The summed E-state index contributed by atoms with van der Waals surface area (Å²) in [7, 11) is 0. The zero-order chi connectivity index (χ0) is 25.3. The third kappa shape index (κ3) is 5.33. The number of nitrogens with one attached hydrogen (secondary N) is 1. The number of anilines is 1. The number of carbonyl (C=O) groups excluding carboxylic acids is 1. The van der Waals surface area contributed by atoms with Gasteiger partial charge in [-0.2, -0.15) is 0 Å². The molecule has 1 N–H and O–H groups in total. The normalized spacial score (nSPS) is 19.0. The number of piperidine rings is 1. The predicted octanol–water partition coefficient (Wildman–Crippen LogP) is 6.75. The van der Waals surface area contributed by atoms with Gasteiger partial charge in [-0.15, -0.1) is 0 Å². The zero-order valence-electron chi connectivity index (χ0n) is 20.4. The van der Waals surface area contributed by atoms with Gasteiger partial charge in [-0.1, -0.05) is 46.6 Å². The molecule has 7 nitrogen and oxygen atoms in total. The van der Waals surface area contributed by atoms with Crippen molar-refractivity contribution in [3.8, 4) is 5.75 Å². The lowest BCUT2D eigenvalue weighted by atomic mass is 9.83. The number of halogens is 2. The average Bonchev–Trinajstić information content (AvgIpc) is 3.42. The van der Waals surface area contributed by atoms with Crippen molar-refractivity contribution in [2.45, 2.75) is 51.2 Å². The Morgan fingerprint density at radius 2 is 2.00 bits per heavy atom. The summed E-state index contributed by atoms with van der Waals surface area (Å²) < 4.78 is 17.5. The van der Waals surface area contributed by atoms with E-state index in [-0.39, 0.29) is 17.6 Å². The number of carbonyl (C=O) groups is 1. The molecule has 3 heterocycles. The van der Waals surface area contributed by atoms with Crippen LogP contribution in [0.15, 0.2) is 47.0 Å². The number of urea groups is 1. The van der Waals surface area contributed by atoms with Gasteiger partial charge in [-0.05, 0) is 68.5 Å². The number of benzene rings is 2. The van der Waals surface area contributed by atoms with Crippen molar-refractivity contribution >= 4 is 35.1 Å². The number of aryl methyl sites for hydroxylation is 1. The summed E-state index contributed by atoms with van der Waals surface area (Å²) in [5.74, 6) is 1.31. The molecule has 36 heavy (non-hydrogen) atoms. The summed E-state index contributed by atoms with van der Waals surface area (Å²) in [4.78, 5) is 14.5. The van der Waals surface area contributed by atoms with Gasteiger partial charge >= 0.3 is 6.03 Å². The van der Waals surface area contributed by atoms with E-state index in [0.29, 0.717) is 48.0 Å². The van der Waals surface area contributed by atoms with Crippen LogP contribution in [0.3, 0.4) is 0 Å². The Morgan fingerprint density at radius 3 is 2.69 bits per heavy atom. The lowest BCUT2D eigenvalue weighted by Crippen LogP contribution is -2.47. The summed E-state index contributed by atoms with van der Waals surface area (Å²) in [5.41, 5.74) is 3.53. The van der Waals surface area contributed by atoms with Crippen LogP contribution in [0.25, 0.3) is 0 Å². The first-order valence-electron chi connectivity index (χ1n) is 12.1. The van der Waals surface area contributed by atoms with Crippen LogP contribution in [0.2, 0.25) is 10.0 Å². The van der Waals surface area contributed by atoms with E-state index in [4.69, 9.17) is 37.2 Å². The second-order valence-electron chi connectivity index (χ2n) is 9.64. The van der Waals surface area contributed by atoms with Gasteiger partial charge in [0.25, 0.3) is 0 Å². The minimum absolute atomic E-state index is 0.168. The van der Waals surface area contributed by atoms with Crippen LogP contribution in [0.5, 0.6) is 5.75 Å². The van der Waals surface area contributed by atoms with Crippen molar-refractivity contribution in [2.75, 3.05) is 25.0 Å². The number of hydrogen-bond acceptors (Lipinski definition) is 5. The van der Waals surface area contributed by atoms with Crippen molar-refractivity contribution in [2.24, 2.45) is 0 Å². The summed E-state index contributed by atoms with van der Waals surface area (Å²) >= 11 is 12.6. The highest BCUT2D eigenvalue weighted by molar-refractivity contribution is 6.32. The molecule has 1 unspecified atom stereocenters. The molecule has 3 aromatic rings. The highest BCUT2D eigenvalue weighted by Crippen LogP contribution is 2.44. The monoisotopic (exact) mass is 529 g/mol. The second-order valence-corrected chi connectivity index (χ2v) is 10.5. The van der Waals surface area contributed by atoms with Crippen molar-refractivity contribution in [1.82, 2.24) is 10.1 Å². The first-order chi connectivity index (χ1) is 17.3. The Hall–Kier alpha value is -2.74. The van der Waals surface area contributed by atoms with E-state index in [2.05, 4.69) is 16.5 Å². The van der Waals surface area contributed by atoms with Crippen molar-refractivity contribution < 1.29 is 18.8 Å². The minimum atomic E-state index is -0.214. The smallest absolute Gasteiger partial charge is 0.324 e. The summed E-state index contributed by atoms with van der Waals surface area (Å²) in [6.07, 6.45) is 2.49. The molecule has 190 valence electrons.